The lowest BCUT2D eigenvalue weighted by atomic mass is 10.0. The van der Waals surface area contributed by atoms with Gasteiger partial charge in [-0.3, -0.25) is 19.6 Å². The second-order valence-corrected chi connectivity index (χ2v) is 7.71. The van der Waals surface area contributed by atoms with Crippen molar-refractivity contribution in [2.75, 3.05) is 11.4 Å². The van der Waals surface area contributed by atoms with Crippen molar-refractivity contribution < 1.29 is 9.72 Å². The van der Waals surface area contributed by atoms with E-state index in [4.69, 9.17) is 0 Å². The SMILES string of the molecule is Cc1nn(C)c(C)c1C1CCCN1c1ccc(C(=O)c2nccn2C)cc1[N+](=O)[O-]. The number of rotatable bonds is 5. The van der Waals surface area contributed by atoms with Gasteiger partial charge < -0.3 is 9.47 Å². The zero-order valence-corrected chi connectivity index (χ0v) is 17.5. The van der Waals surface area contributed by atoms with E-state index in [-0.39, 0.29) is 28.9 Å². The highest BCUT2D eigenvalue weighted by molar-refractivity contribution is 6.07. The summed E-state index contributed by atoms with van der Waals surface area (Å²) < 4.78 is 3.46. The molecule has 1 fully saturated rings. The van der Waals surface area contributed by atoms with E-state index in [1.54, 1.807) is 29.9 Å². The van der Waals surface area contributed by atoms with Crippen LogP contribution in [0.5, 0.6) is 0 Å². The van der Waals surface area contributed by atoms with Gasteiger partial charge in [-0.1, -0.05) is 0 Å². The summed E-state index contributed by atoms with van der Waals surface area (Å²) in [6, 6.07) is 4.73. The van der Waals surface area contributed by atoms with Gasteiger partial charge in [-0.25, -0.2) is 4.98 Å². The average molecular weight is 408 g/mol. The molecule has 1 aromatic carbocycles. The van der Waals surface area contributed by atoms with Crippen molar-refractivity contribution in [3.8, 4) is 0 Å². The summed E-state index contributed by atoms with van der Waals surface area (Å²) in [5, 5.41) is 16.4. The van der Waals surface area contributed by atoms with Crippen molar-refractivity contribution in [3.63, 3.8) is 0 Å². The normalized spacial score (nSPS) is 16.3. The Morgan fingerprint density at radius 3 is 2.63 bits per heavy atom. The standard InChI is InChI=1S/C21H24N6O3/c1-13-19(14(2)25(4)23-13)17-6-5-10-26(17)16-8-7-15(12-18(16)27(29)30)20(28)21-22-9-11-24(21)3/h7-9,11-12,17H,5-6,10H2,1-4H3. The Balaban J connectivity index is 1.76. The molecule has 1 atom stereocenters. The first-order valence-electron chi connectivity index (χ1n) is 9.86. The van der Waals surface area contributed by atoms with E-state index in [2.05, 4.69) is 15.0 Å². The molecule has 0 saturated carbocycles. The molecule has 1 saturated heterocycles. The first kappa shape index (κ1) is 19.8. The van der Waals surface area contributed by atoms with Crippen LogP contribution in [0.3, 0.4) is 0 Å². The third-order valence-corrected chi connectivity index (χ3v) is 5.92. The van der Waals surface area contributed by atoms with Crippen LogP contribution in [0.15, 0.2) is 30.6 Å². The number of aryl methyl sites for hydroxylation is 3. The molecule has 0 amide bonds. The summed E-state index contributed by atoms with van der Waals surface area (Å²) in [7, 11) is 3.63. The molecule has 0 N–H and O–H groups in total. The number of benzene rings is 1. The number of ketones is 1. The number of carbonyl (C=O) groups excluding carboxylic acids is 1. The number of nitro groups is 1. The summed E-state index contributed by atoms with van der Waals surface area (Å²) in [5.74, 6) is -0.0909. The molecule has 4 rings (SSSR count). The van der Waals surface area contributed by atoms with E-state index < -0.39 is 4.92 Å². The molecule has 1 unspecified atom stereocenters. The van der Waals surface area contributed by atoms with Crippen LogP contribution in [0, 0.1) is 24.0 Å². The first-order valence-corrected chi connectivity index (χ1v) is 9.86. The lowest BCUT2D eigenvalue weighted by Crippen LogP contribution is -2.24. The Morgan fingerprint density at radius 1 is 1.27 bits per heavy atom. The van der Waals surface area contributed by atoms with Crippen molar-refractivity contribution in [2.24, 2.45) is 14.1 Å². The maximum atomic E-state index is 12.8. The Labute approximate surface area is 174 Å². The minimum atomic E-state index is -0.414. The van der Waals surface area contributed by atoms with Crippen LogP contribution >= 0.6 is 0 Å². The van der Waals surface area contributed by atoms with E-state index in [9.17, 15) is 14.9 Å². The summed E-state index contributed by atoms with van der Waals surface area (Å²) in [5.41, 5.74) is 3.84. The fraction of sp³-hybridized carbons (Fsp3) is 0.381. The summed E-state index contributed by atoms with van der Waals surface area (Å²) in [6.45, 7) is 4.71. The topological polar surface area (TPSA) is 99.1 Å². The van der Waals surface area contributed by atoms with Gasteiger partial charge in [0.1, 0.15) is 5.69 Å². The van der Waals surface area contributed by atoms with Gasteiger partial charge in [0.25, 0.3) is 5.69 Å². The summed E-state index contributed by atoms with van der Waals surface area (Å²) >= 11 is 0. The number of anilines is 1. The molecule has 0 aliphatic carbocycles. The minimum Gasteiger partial charge on any atom is -0.359 e. The Kier molecular flexibility index (Phi) is 4.89. The molecule has 30 heavy (non-hydrogen) atoms. The zero-order chi connectivity index (χ0) is 21.6. The average Bonchev–Trinajstić information content (AvgIpc) is 3.41. The second kappa shape index (κ2) is 7.40. The van der Waals surface area contributed by atoms with Gasteiger partial charge in [0.05, 0.1) is 16.7 Å². The number of hydrogen-bond acceptors (Lipinski definition) is 6. The van der Waals surface area contributed by atoms with Gasteiger partial charge in [-0.2, -0.15) is 5.10 Å². The quantitative estimate of drug-likeness (QED) is 0.365. The van der Waals surface area contributed by atoms with Crippen molar-refractivity contribution >= 4 is 17.2 Å². The van der Waals surface area contributed by atoms with Crippen molar-refractivity contribution in [3.05, 3.63) is 69.0 Å². The summed E-state index contributed by atoms with van der Waals surface area (Å²) in [6.07, 6.45) is 5.04. The maximum Gasteiger partial charge on any atom is 0.293 e. The highest BCUT2D eigenvalue weighted by atomic mass is 16.6. The Bertz CT molecular complexity index is 1150. The van der Waals surface area contributed by atoms with E-state index in [0.717, 1.165) is 29.8 Å². The highest BCUT2D eigenvalue weighted by Gasteiger charge is 2.34. The number of nitrogens with zero attached hydrogens (tertiary/aromatic N) is 6. The molecule has 3 heterocycles. The van der Waals surface area contributed by atoms with Crippen LogP contribution in [-0.2, 0) is 14.1 Å². The fourth-order valence-corrected chi connectivity index (χ4v) is 4.39. The molecule has 2 aromatic heterocycles. The minimum absolute atomic E-state index is 0.0218. The largest absolute Gasteiger partial charge is 0.359 e. The molecule has 0 bridgehead atoms. The van der Waals surface area contributed by atoms with E-state index in [1.165, 1.54) is 12.3 Å². The lowest BCUT2D eigenvalue weighted by Gasteiger charge is -2.27. The smallest absolute Gasteiger partial charge is 0.293 e. The molecule has 156 valence electrons. The molecule has 1 aliphatic heterocycles. The zero-order valence-electron chi connectivity index (χ0n) is 17.5. The first-order chi connectivity index (χ1) is 14.3. The molecule has 0 spiro atoms. The molecule has 9 heteroatoms. The molecule has 1 aliphatic rings. The van der Waals surface area contributed by atoms with Crippen LogP contribution < -0.4 is 4.90 Å². The fourth-order valence-electron chi connectivity index (χ4n) is 4.39. The molecule has 3 aromatic rings. The Hall–Kier alpha value is -3.49. The number of carbonyl (C=O) groups is 1. The van der Waals surface area contributed by atoms with Crippen molar-refractivity contribution in [1.29, 1.82) is 0 Å². The molecule has 0 radical (unpaired) electrons. The van der Waals surface area contributed by atoms with Gasteiger partial charge >= 0.3 is 0 Å². The van der Waals surface area contributed by atoms with E-state index >= 15 is 0 Å². The van der Waals surface area contributed by atoms with E-state index in [1.807, 2.05) is 25.6 Å². The molecular weight excluding hydrogens is 384 g/mol. The number of imidazole rings is 1. The number of hydrogen-bond donors (Lipinski definition) is 0. The molecular formula is C21H24N6O3. The Morgan fingerprint density at radius 2 is 2.03 bits per heavy atom. The van der Waals surface area contributed by atoms with Crippen molar-refractivity contribution in [1.82, 2.24) is 19.3 Å². The van der Waals surface area contributed by atoms with Gasteiger partial charge in [0, 0.05) is 55.9 Å². The third-order valence-electron chi connectivity index (χ3n) is 5.92. The third kappa shape index (κ3) is 3.16. The lowest BCUT2D eigenvalue weighted by molar-refractivity contribution is -0.384. The van der Waals surface area contributed by atoms with Crippen LogP contribution in [0.1, 0.15) is 52.0 Å². The highest BCUT2D eigenvalue weighted by Crippen LogP contribution is 2.42. The van der Waals surface area contributed by atoms with Gasteiger partial charge in [0.2, 0.25) is 5.78 Å². The summed E-state index contributed by atoms with van der Waals surface area (Å²) in [4.78, 5) is 30.4. The van der Waals surface area contributed by atoms with Gasteiger partial charge in [-0.05, 0) is 38.8 Å². The van der Waals surface area contributed by atoms with Gasteiger partial charge in [0.15, 0.2) is 5.82 Å². The number of aromatic nitrogens is 4. The second-order valence-electron chi connectivity index (χ2n) is 7.71. The maximum absolute atomic E-state index is 12.8. The van der Waals surface area contributed by atoms with Crippen LogP contribution in [0.25, 0.3) is 0 Å². The van der Waals surface area contributed by atoms with Crippen LogP contribution in [0.4, 0.5) is 11.4 Å². The molecule has 9 nitrogen and oxygen atoms in total. The predicted octanol–water partition coefficient (Wildman–Crippen LogP) is 3.25. The predicted molar refractivity (Wildman–Crippen MR) is 112 cm³/mol. The van der Waals surface area contributed by atoms with Crippen LogP contribution in [-0.4, -0.2) is 36.6 Å². The van der Waals surface area contributed by atoms with Crippen LogP contribution in [0.2, 0.25) is 0 Å². The van der Waals surface area contributed by atoms with E-state index in [0.29, 0.717) is 12.2 Å². The number of nitro benzene ring substituents is 1. The monoisotopic (exact) mass is 408 g/mol. The van der Waals surface area contributed by atoms with Crippen molar-refractivity contribution in [2.45, 2.75) is 32.7 Å². The van der Waals surface area contributed by atoms with Gasteiger partial charge in [-0.15, -0.1) is 0 Å².